The van der Waals surface area contributed by atoms with Crippen LogP contribution in [0.4, 0.5) is 0 Å². The molecule has 1 N–H and O–H groups in total. The minimum atomic E-state index is -1.71. The van der Waals surface area contributed by atoms with Crippen molar-refractivity contribution in [3.05, 3.63) is 81.7 Å². The van der Waals surface area contributed by atoms with Gasteiger partial charge in [0.15, 0.2) is 5.70 Å². The van der Waals surface area contributed by atoms with Crippen molar-refractivity contribution in [1.82, 2.24) is 4.90 Å². The van der Waals surface area contributed by atoms with Crippen LogP contribution in [0.15, 0.2) is 66.0 Å². The number of carbonyl (C=O) groups is 2. The molecule has 0 radical (unpaired) electrons. The van der Waals surface area contributed by atoms with E-state index in [1.807, 2.05) is 30.3 Å². The maximum Gasteiger partial charge on any atom is 0.409 e. The van der Waals surface area contributed by atoms with Gasteiger partial charge in [0.25, 0.3) is 0 Å². The number of hydrogen-bond acceptors (Lipinski definition) is 5. The lowest BCUT2D eigenvalue weighted by Crippen LogP contribution is -2.36. The first-order valence-electron chi connectivity index (χ1n) is 9.06. The van der Waals surface area contributed by atoms with Crippen LogP contribution in [-0.2, 0) is 4.79 Å². The minimum Gasteiger partial charge on any atom is -0.473 e. The van der Waals surface area contributed by atoms with Crippen LogP contribution < -0.4 is 0 Å². The van der Waals surface area contributed by atoms with E-state index in [1.54, 1.807) is 24.3 Å². The van der Waals surface area contributed by atoms with Gasteiger partial charge in [0.05, 0.1) is 4.92 Å². The number of benzene rings is 2. The van der Waals surface area contributed by atoms with Gasteiger partial charge in [0, 0.05) is 18.7 Å². The smallest absolute Gasteiger partial charge is 0.409 e. The SMILES string of the molecule is O=C(O)/C(=C(/C(=O)c1ccc(-c2ccccc2)cc1)N1CCCCC1)[N+](=O)[O-]. The van der Waals surface area contributed by atoms with Gasteiger partial charge in [-0.3, -0.25) is 14.9 Å². The highest BCUT2D eigenvalue weighted by atomic mass is 16.6. The van der Waals surface area contributed by atoms with E-state index in [-0.39, 0.29) is 11.3 Å². The number of nitro groups is 1. The molecule has 1 fully saturated rings. The summed E-state index contributed by atoms with van der Waals surface area (Å²) in [6.07, 6.45) is 2.47. The molecule has 0 unspecified atom stereocenters. The molecule has 0 amide bonds. The lowest BCUT2D eigenvalue weighted by molar-refractivity contribution is -0.422. The average molecular weight is 380 g/mol. The lowest BCUT2D eigenvalue weighted by Gasteiger charge is -2.29. The number of ketones is 1. The summed E-state index contributed by atoms with van der Waals surface area (Å²) in [5, 5.41) is 20.7. The molecule has 1 aliphatic rings. The third-order valence-corrected chi connectivity index (χ3v) is 4.75. The number of Topliss-reactive ketones (excluding diaryl/α,β-unsaturated/α-hetero) is 1. The largest absolute Gasteiger partial charge is 0.473 e. The Bertz CT molecular complexity index is 898. The Morgan fingerprint density at radius 1 is 0.893 bits per heavy atom. The van der Waals surface area contributed by atoms with Gasteiger partial charge in [-0.1, -0.05) is 54.6 Å². The molecular formula is C21H20N2O5. The number of carboxylic acid groups (broad SMARTS) is 1. The van der Waals surface area contributed by atoms with Crippen LogP contribution >= 0.6 is 0 Å². The molecular weight excluding hydrogens is 360 g/mol. The Morgan fingerprint density at radius 3 is 2.00 bits per heavy atom. The number of rotatable bonds is 6. The first kappa shape index (κ1) is 19.3. The van der Waals surface area contributed by atoms with Gasteiger partial charge >= 0.3 is 11.7 Å². The standard InChI is InChI=1S/C21H20N2O5/c24-20(17-11-9-16(10-12-17)15-7-3-1-4-8-15)18(19(21(25)26)23(27)28)22-13-5-2-6-14-22/h1,3-4,7-12H,2,5-6,13-14H2,(H,25,26)/b19-18+. The van der Waals surface area contributed by atoms with Crippen molar-refractivity contribution in [3.63, 3.8) is 0 Å². The van der Waals surface area contributed by atoms with Gasteiger partial charge < -0.3 is 10.0 Å². The van der Waals surface area contributed by atoms with E-state index < -0.39 is 22.4 Å². The van der Waals surface area contributed by atoms with Crippen LogP contribution in [0.25, 0.3) is 11.1 Å². The molecule has 1 heterocycles. The van der Waals surface area contributed by atoms with E-state index in [9.17, 15) is 24.8 Å². The van der Waals surface area contributed by atoms with Gasteiger partial charge in [-0.2, -0.15) is 0 Å². The number of aliphatic carboxylic acids is 1. The van der Waals surface area contributed by atoms with Gasteiger partial charge in [-0.05, 0) is 30.4 Å². The van der Waals surface area contributed by atoms with Gasteiger partial charge in [-0.25, -0.2) is 4.79 Å². The lowest BCUT2D eigenvalue weighted by atomic mass is 9.99. The summed E-state index contributed by atoms with van der Waals surface area (Å²) in [6.45, 7) is 0.849. The molecule has 7 heteroatoms. The second-order valence-corrected chi connectivity index (χ2v) is 6.58. The molecule has 0 aromatic heterocycles. The Balaban J connectivity index is 2.00. The molecule has 0 atom stereocenters. The monoisotopic (exact) mass is 380 g/mol. The zero-order valence-electron chi connectivity index (χ0n) is 15.2. The predicted octanol–water partition coefficient (Wildman–Crippen LogP) is 3.60. The number of hydrogen-bond donors (Lipinski definition) is 1. The normalized spacial score (nSPS) is 14.9. The predicted molar refractivity (Wildman–Crippen MR) is 103 cm³/mol. The van der Waals surface area contributed by atoms with Crippen molar-refractivity contribution in [2.75, 3.05) is 13.1 Å². The Hall–Kier alpha value is -3.48. The van der Waals surface area contributed by atoms with E-state index in [2.05, 4.69) is 0 Å². The number of carbonyl (C=O) groups excluding carboxylic acids is 1. The highest BCUT2D eigenvalue weighted by molar-refractivity contribution is 6.11. The Kier molecular flexibility index (Phi) is 5.84. The van der Waals surface area contributed by atoms with Crippen molar-refractivity contribution in [1.29, 1.82) is 0 Å². The summed E-state index contributed by atoms with van der Waals surface area (Å²) >= 11 is 0. The molecule has 144 valence electrons. The van der Waals surface area contributed by atoms with Gasteiger partial charge in [0.1, 0.15) is 0 Å². The topological polar surface area (TPSA) is 101 Å². The molecule has 0 bridgehead atoms. The number of nitrogens with zero attached hydrogens (tertiary/aromatic N) is 2. The first-order chi connectivity index (χ1) is 13.5. The summed E-state index contributed by atoms with van der Waals surface area (Å²) in [5.41, 5.74) is 0.683. The third-order valence-electron chi connectivity index (χ3n) is 4.75. The number of likely N-dealkylation sites (tertiary alicyclic amines) is 1. The maximum atomic E-state index is 13.1. The average Bonchev–Trinajstić information content (AvgIpc) is 2.72. The van der Waals surface area contributed by atoms with E-state index in [1.165, 1.54) is 4.90 Å². The van der Waals surface area contributed by atoms with Crippen LogP contribution in [0.5, 0.6) is 0 Å². The summed E-state index contributed by atoms with van der Waals surface area (Å²) in [7, 11) is 0. The van der Waals surface area contributed by atoms with E-state index in [0.29, 0.717) is 13.1 Å². The zero-order valence-corrected chi connectivity index (χ0v) is 15.2. The minimum absolute atomic E-state index is 0.223. The van der Waals surface area contributed by atoms with Crippen LogP contribution in [0.3, 0.4) is 0 Å². The van der Waals surface area contributed by atoms with Crippen LogP contribution in [0.1, 0.15) is 29.6 Å². The Morgan fingerprint density at radius 2 is 1.46 bits per heavy atom. The van der Waals surface area contributed by atoms with E-state index in [4.69, 9.17) is 0 Å². The van der Waals surface area contributed by atoms with Gasteiger partial charge in [-0.15, -0.1) is 0 Å². The van der Waals surface area contributed by atoms with Crippen LogP contribution in [0, 0.1) is 10.1 Å². The fourth-order valence-electron chi connectivity index (χ4n) is 3.37. The van der Waals surface area contributed by atoms with Crippen molar-refractivity contribution < 1.29 is 19.6 Å². The highest BCUT2D eigenvalue weighted by Crippen LogP contribution is 2.25. The molecule has 3 rings (SSSR count). The fourth-order valence-corrected chi connectivity index (χ4v) is 3.37. The molecule has 0 saturated carbocycles. The molecule has 1 saturated heterocycles. The molecule has 0 spiro atoms. The third kappa shape index (κ3) is 4.09. The second-order valence-electron chi connectivity index (χ2n) is 6.58. The van der Waals surface area contributed by atoms with Crippen molar-refractivity contribution in [2.24, 2.45) is 0 Å². The Labute approximate surface area is 162 Å². The second kappa shape index (κ2) is 8.47. The van der Waals surface area contributed by atoms with E-state index in [0.717, 1.165) is 30.4 Å². The van der Waals surface area contributed by atoms with Crippen LogP contribution in [-0.4, -0.2) is 39.8 Å². The molecule has 28 heavy (non-hydrogen) atoms. The maximum absolute atomic E-state index is 13.1. The summed E-state index contributed by atoms with van der Waals surface area (Å²) in [5.74, 6) is -2.35. The van der Waals surface area contributed by atoms with Gasteiger partial charge in [0.2, 0.25) is 5.78 Å². The molecule has 0 aliphatic carbocycles. The summed E-state index contributed by atoms with van der Waals surface area (Å²) in [4.78, 5) is 36.5. The number of allylic oxidation sites excluding steroid dienone is 1. The van der Waals surface area contributed by atoms with E-state index >= 15 is 0 Å². The van der Waals surface area contributed by atoms with Crippen molar-refractivity contribution >= 4 is 11.8 Å². The summed E-state index contributed by atoms with van der Waals surface area (Å²) < 4.78 is 0. The molecule has 1 aliphatic heterocycles. The highest BCUT2D eigenvalue weighted by Gasteiger charge is 2.36. The van der Waals surface area contributed by atoms with Crippen molar-refractivity contribution in [3.8, 4) is 11.1 Å². The fraction of sp³-hybridized carbons (Fsp3) is 0.238. The molecule has 2 aromatic rings. The molecule has 2 aromatic carbocycles. The van der Waals surface area contributed by atoms with Crippen LogP contribution in [0.2, 0.25) is 0 Å². The summed E-state index contributed by atoms with van der Waals surface area (Å²) in [6, 6.07) is 16.2. The molecule has 7 nitrogen and oxygen atoms in total. The number of piperidine rings is 1. The number of carboxylic acids is 1. The quantitative estimate of drug-likeness (QED) is 0.356. The first-order valence-corrected chi connectivity index (χ1v) is 9.06. The zero-order chi connectivity index (χ0) is 20.1. The van der Waals surface area contributed by atoms with Crippen molar-refractivity contribution in [2.45, 2.75) is 19.3 Å².